The molecule has 0 amide bonds. The molecule has 0 radical (unpaired) electrons. The number of hydrogen-bond acceptors (Lipinski definition) is 2. The molecule has 1 aromatic rings. The van der Waals surface area contributed by atoms with Crippen LogP contribution in [-0.2, 0) is 6.54 Å². The SMILES string of the molecule is C[C@@H]1[C@H]2C[C@@H](C[C@H]1NCc1[nH]cnc1C1CC1)C2(C)C. The van der Waals surface area contributed by atoms with Gasteiger partial charge in [0.05, 0.1) is 17.7 Å². The molecule has 4 saturated carbocycles. The van der Waals surface area contributed by atoms with Crippen LogP contribution in [-0.4, -0.2) is 16.0 Å². The van der Waals surface area contributed by atoms with Crippen molar-refractivity contribution in [2.45, 2.75) is 65.0 Å². The van der Waals surface area contributed by atoms with Crippen LogP contribution in [0.15, 0.2) is 6.33 Å². The van der Waals surface area contributed by atoms with Gasteiger partial charge in [0.15, 0.2) is 0 Å². The second-order valence-corrected chi connectivity index (χ2v) is 7.98. The molecular formula is C17H27N3. The van der Waals surface area contributed by atoms with E-state index in [9.17, 15) is 0 Å². The second kappa shape index (κ2) is 4.33. The summed E-state index contributed by atoms with van der Waals surface area (Å²) in [4.78, 5) is 7.86. The number of nitrogens with one attached hydrogen (secondary N) is 2. The van der Waals surface area contributed by atoms with Crippen molar-refractivity contribution >= 4 is 0 Å². The number of hydrogen-bond donors (Lipinski definition) is 2. The maximum atomic E-state index is 4.51. The van der Waals surface area contributed by atoms with E-state index in [1.807, 2.05) is 6.33 Å². The van der Waals surface area contributed by atoms with Crippen LogP contribution in [0.4, 0.5) is 0 Å². The highest BCUT2D eigenvalue weighted by molar-refractivity contribution is 5.21. The highest BCUT2D eigenvalue weighted by Gasteiger charge is 2.55. The lowest BCUT2D eigenvalue weighted by Gasteiger charge is -2.62. The summed E-state index contributed by atoms with van der Waals surface area (Å²) < 4.78 is 0. The average molecular weight is 273 g/mol. The van der Waals surface area contributed by atoms with Crippen molar-refractivity contribution in [1.82, 2.24) is 15.3 Å². The minimum absolute atomic E-state index is 0.588. The van der Waals surface area contributed by atoms with Crippen molar-refractivity contribution in [3.8, 4) is 0 Å². The minimum Gasteiger partial charge on any atom is -0.347 e. The normalized spacial score (nSPS) is 38.5. The predicted octanol–water partition coefficient (Wildman–Crippen LogP) is 3.45. The lowest BCUT2D eigenvalue weighted by atomic mass is 9.45. The maximum absolute atomic E-state index is 4.51. The summed E-state index contributed by atoms with van der Waals surface area (Å²) in [5, 5.41) is 3.82. The van der Waals surface area contributed by atoms with Crippen LogP contribution >= 0.6 is 0 Å². The van der Waals surface area contributed by atoms with Crippen molar-refractivity contribution < 1.29 is 0 Å². The van der Waals surface area contributed by atoms with Crippen molar-refractivity contribution in [1.29, 1.82) is 0 Å². The van der Waals surface area contributed by atoms with Gasteiger partial charge < -0.3 is 10.3 Å². The molecule has 3 heteroatoms. The van der Waals surface area contributed by atoms with Crippen LogP contribution < -0.4 is 5.32 Å². The van der Waals surface area contributed by atoms with E-state index in [0.29, 0.717) is 11.5 Å². The molecule has 3 nitrogen and oxygen atoms in total. The van der Waals surface area contributed by atoms with Crippen LogP contribution in [0.1, 0.15) is 63.8 Å². The van der Waals surface area contributed by atoms with Crippen LogP contribution in [0, 0.1) is 23.2 Å². The molecule has 2 N–H and O–H groups in total. The molecule has 110 valence electrons. The van der Waals surface area contributed by atoms with Gasteiger partial charge >= 0.3 is 0 Å². The molecular weight excluding hydrogens is 246 g/mol. The summed E-state index contributed by atoms with van der Waals surface area (Å²) in [7, 11) is 0. The highest BCUT2D eigenvalue weighted by atomic mass is 15.0. The van der Waals surface area contributed by atoms with Crippen molar-refractivity contribution in [3.05, 3.63) is 17.7 Å². The van der Waals surface area contributed by atoms with Crippen LogP contribution in [0.25, 0.3) is 0 Å². The number of aromatic amines is 1. The largest absolute Gasteiger partial charge is 0.347 e. The molecule has 0 saturated heterocycles. The smallest absolute Gasteiger partial charge is 0.0925 e. The summed E-state index contributed by atoms with van der Waals surface area (Å²) in [5.41, 5.74) is 3.25. The zero-order valence-electron chi connectivity index (χ0n) is 12.9. The average Bonchev–Trinajstić information content (AvgIpc) is 3.16. The maximum Gasteiger partial charge on any atom is 0.0925 e. The van der Waals surface area contributed by atoms with Crippen molar-refractivity contribution in [2.24, 2.45) is 23.2 Å². The van der Waals surface area contributed by atoms with Gasteiger partial charge in [0.1, 0.15) is 0 Å². The third kappa shape index (κ3) is 1.86. The molecule has 4 aliphatic rings. The fourth-order valence-electron chi connectivity index (χ4n) is 4.83. The third-order valence-corrected chi connectivity index (χ3v) is 6.61. The number of imidazole rings is 1. The molecule has 1 aromatic heterocycles. The first-order valence-electron chi connectivity index (χ1n) is 8.33. The van der Waals surface area contributed by atoms with E-state index in [0.717, 1.165) is 30.2 Å². The summed E-state index contributed by atoms with van der Waals surface area (Å²) in [6.07, 6.45) is 7.35. The number of nitrogens with zero attached hydrogens (tertiary/aromatic N) is 1. The second-order valence-electron chi connectivity index (χ2n) is 7.98. The molecule has 20 heavy (non-hydrogen) atoms. The summed E-state index contributed by atoms with van der Waals surface area (Å²) in [5.74, 6) is 3.41. The van der Waals surface area contributed by atoms with Gasteiger partial charge in [-0.2, -0.15) is 0 Å². The number of rotatable bonds is 4. The molecule has 0 spiro atoms. The monoisotopic (exact) mass is 273 g/mol. The quantitative estimate of drug-likeness (QED) is 0.882. The standard InChI is InChI=1S/C17H27N3/c1-10-13-6-12(17(13,2)3)7-14(10)18-8-15-16(11-4-5-11)20-9-19-15/h9-14,18H,4-8H2,1-3H3,(H,19,20)/t10-,12+,13-,14-/m1/s1. The van der Waals surface area contributed by atoms with Gasteiger partial charge in [-0.05, 0) is 48.9 Å². The van der Waals surface area contributed by atoms with Gasteiger partial charge in [-0.15, -0.1) is 0 Å². The Morgan fingerprint density at radius 3 is 2.80 bits per heavy atom. The Kier molecular flexibility index (Phi) is 2.79. The fraction of sp³-hybridized carbons (Fsp3) is 0.824. The van der Waals surface area contributed by atoms with Gasteiger partial charge in [-0.1, -0.05) is 20.8 Å². The molecule has 4 atom stereocenters. The Morgan fingerprint density at radius 2 is 2.15 bits per heavy atom. The van der Waals surface area contributed by atoms with E-state index >= 15 is 0 Å². The zero-order valence-corrected chi connectivity index (χ0v) is 12.9. The Hall–Kier alpha value is -0.830. The van der Waals surface area contributed by atoms with E-state index in [-0.39, 0.29) is 0 Å². The van der Waals surface area contributed by atoms with Crippen LogP contribution in [0.2, 0.25) is 0 Å². The first kappa shape index (κ1) is 12.9. The molecule has 2 bridgehead atoms. The molecule has 0 aromatic carbocycles. The van der Waals surface area contributed by atoms with E-state index in [1.165, 1.54) is 37.1 Å². The van der Waals surface area contributed by atoms with Crippen molar-refractivity contribution in [3.63, 3.8) is 0 Å². The van der Waals surface area contributed by atoms with E-state index < -0.39 is 0 Å². The van der Waals surface area contributed by atoms with E-state index in [4.69, 9.17) is 0 Å². The summed E-state index contributed by atoms with van der Waals surface area (Å²) in [6, 6.07) is 0.696. The Bertz CT molecular complexity index is 500. The number of fused-ring (bicyclic) bond motifs is 2. The topological polar surface area (TPSA) is 40.7 Å². The van der Waals surface area contributed by atoms with Gasteiger partial charge in [0.2, 0.25) is 0 Å². The van der Waals surface area contributed by atoms with Gasteiger partial charge in [0, 0.05) is 18.5 Å². The van der Waals surface area contributed by atoms with Crippen LogP contribution in [0.3, 0.4) is 0 Å². The van der Waals surface area contributed by atoms with E-state index in [2.05, 4.69) is 36.1 Å². The van der Waals surface area contributed by atoms with Crippen LogP contribution in [0.5, 0.6) is 0 Å². The van der Waals surface area contributed by atoms with E-state index in [1.54, 1.807) is 0 Å². The number of aromatic nitrogens is 2. The van der Waals surface area contributed by atoms with Gasteiger partial charge in [-0.3, -0.25) is 0 Å². The molecule has 1 heterocycles. The van der Waals surface area contributed by atoms with Gasteiger partial charge in [0.25, 0.3) is 0 Å². The lowest BCUT2D eigenvalue weighted by molar-refractivity contribution is -0.115. The Labute approximate surface area is 122 Å². The number of H-pyrrole nitrogens is 1. The van der Waals surface area contributed by atoms with Gasteiger partial charge in [-0.25, -0.2) is 4.98 Å². The molecule has 4 fully saturated rings. The first-order valence-corrected chi connectivity index (χ1v) is 8.33. The minimum atomic E-state index is 0.588. The Balaban J connectivity index is 1.39. The first-order chi connectivity index (χ1) is 9.57. The Morgan fingerprint density at radius 1 is 1.35 bits per heavy atom. The molecule has 0 unspecified atom stereocenters. The summed E-state index contributed by atoms with van der Waals surface area (Å²) >= 11 is 0. The summed E-state index contributed by atoms with van der Waals surface area (Å²) in [6.45, 7) is 8.37. The zero-order chi connectivity index (χ0) is 13.9. The molecule has 5 rings (SSSR count). The molecule has 0 aliphatic heterocycles. The van der Waals surface area contributed by atoms with Crippen molar-refractivity contribution in [2.75, 3.05) is 0 Å². The predicted molar refractivity (Wildman–Crippen MR) is 80.3 cm³/mol. The third-order valence-electron chi connectivity index (χ3n) is 6.61. The molecule has 4 aliphatic carbocycles. The lowest BCUT2D eigenvalue weighted by Crippen LogP contribution is -2.59. The highest BCUT2D eigenvalue weighted by Crippen LogP contribution is 2.61. The fourth-order valence-corrected chi connectivity index (χ4v) is 4.83.